The van der Waals surface area contributed by atoms with E-state index in [-0.39, 0.29) is 65.5 Å². The number of phenols is 3. The van der Waals surface area contributed by atoms with Gasteiger partial charge in [-0.2, -0.15) is 0 Å². The third-order valence-corrected chi connectivity index (χ3v) is 13.1. The third-order valence-electron chi connectivity index (χ3n) is 13.1. The van der Waals surface area contributed by atoms with Gasteiger partial charge >= 0.3 is 12.1 Å². The first kappa shape index (κ1) is 43.3. The Labute approximate surface area is 375 Å². The molecule has 2 atom stereocenters. The number of carbonyl (C=O) groups is 3. The van der Waals surface area contributed by atoms with Crippen molar-refractivity contribution in [1.82, 2.24) is 30.1 Å². The number of aromatic hydroxyl groups is 3. The maximum atomic E-state index is 14.2. The summed E-state index contributed by atoms with van der Waals surface area (Å²) in [6, 6.07) is 16.6. The molecule has 16 heteroatoms. The summed E-state index contributed by atoms with van der Waals surface area (Å²) in [6.07, 6.45) is 0.00576. The molecular weight excluding hydrogens is 833 g/mol. The Morgan fingerprint density at radius 2 is 1.71 bits per heavy atom. The Morgan fingerprint density at radius 3 is 2.40 bits per heavy atom. The van der Waals surface area contributed by atoms with E-state index in [4.69, 9.17) is 19.3 Å². The van der Waals surface area contributed by atoms with Gasteiger partial charge in [0.1, 0.15) is 23.9 Å². The molecule has 0 aliphatic carbocycles. The number of aromatic nitrogens is 2. The lowest BCUT2D eigenvalue weighted by Crippen LogP contribution is -2.53. The van der Waals surface area contributed by atoms with Crippen LogP contribution in [0.4, 0.5) is 4.79 Å². The van der Waals surface area contributed by atoms with E-state index in [1.54, 1.807) is 46.7 Å². The summed E-state index contributed by atoms with van der Waals surface area (Å²) in [5, 5.41) is 35.3. The molecular formula is C49H52N6O10. The van der Waals surface area contributed by atoms with E-state index in [1.165, 1.54) is 6.07 Å². The number of cyclic esters (lactones) is 1. The number of hydrogen-bond donors (Lipinski definition) is 5. The summed E-state index contributed by atoms with van der Waals surface area (Å²) >= 11 is 0. The van der Waals surface area contributed by atoms with Gasteiger partial charge in [0, 0.05) is 67.4 Å². The first-order valence-corrected chi connectivity index (χ1v) is 22.2. The zero-order valence-corrected chi connectivity index (χ0v) is 37.0. The van der Waals surface area contributed by atoms with Crippen LogP contribution in [0.1, 0.15) is 91.5 Å². The minimum Gasteiger partial charge on any atom is -0.508 e. The molecule has 1 saturated heterocycles. The van der Waals surface area contributed by atoms with Crippen molar-refractivity contribution in [3.8, 4) is 28.6 Å². The van der Waals surface area contributed by atoms with Crippen molar-refractivity contribution in [1.29, 1.82) is 0 Å². The van der Waals surface area contributed by atoms with Gasteiger partial charge in [-0.1, -0.05) is 52.0 Å². The number of ether oxygens (including phenoxy) is 2. The topological polar surface area (TPSA) is 205 Å². The van der Waals surface area contributed by atoms with Gasteiger partial charge < -0.3 is 44.4 Å². The molecule has 65 heavy (non-hydrogen) atoms. The number of esters is 1. The molecule has 0 radical (unpaired) electrons. The second-order valence-electron chi connectivity index (χ2n) is 17.2. The van der Waals surface area contributed by atoms with Gasteiger partial charge in [-0.3, -0.25) is 14.5 Å². The number of phenolic OH excluding ortho intramolecular Hbond substituents is 3. The van der Waals surface area contributed by atoms with Crippen molar-refractivity contribution < 1.29 is 44.0 Å². The zero-order valence-electron chi connectivity index (χ0n) is 37.0. The monoisotopic (exact) mass is 884 g/mol. The van der Waals surface area contributed by atoms with Crippen LogP contribution < -0.4 is 16.4 Å². The van der Waals surface area contributed by atoms with Gasteiger partial charge in [0.25, 0.3) is 5.56 Å². The zero-order chi connectivity index (χ0) is 45.9. The number of fused-ring (bicyclic) bond motifs is 5. The summed E-state index contributed by atoms with van der Waals surface area (Å²) in [5.74, 6) is -0.875. The van der Waals surface area contributed by atoms with E-state index in [9.17, 15) is 34.5 Å². The molecule has 4 aliphatic rings. The van der Waals surface area contributed by atoms with Gasteiger partial charge in [0.15, 0.2) is 11.8 Å². The summed E-state index contributed by atoms with van der Waals surface area (Å²) in [5.41, 5.74) is 8.07. The average molecular weight is 885 g/mol. The van der Waals surface area contributed by atoms with Crippen LogP contribution in [0, 0.1) is 0 Å². The average Bonchev–Trinajstić information content (AvgIpc) is 3.90. The number of nitrogens with zero attached hydrogens (tertiary/aromatic N) is 4. The highest BCUT2D eigenvalue weighted by molar-refractivity contribution is 6.05. The molecule has 4 aliphatic heterocycles. The first-order valence-electron chi connectivity index (χ1n) is 22.2. The highest BCUT2D eigenvalue weighted by Gasteiger charge is 2.51. The van der Waals surface area contributed by atoms with Crippen LogP contribution in [0.5, 0.6) is 17.2 Å². The molecule has 5 N–H and O–H groups in total. The van der Waals surface area contributed by atoms with Crippen molar-refractivity contribution in [2.45, 2.75) is 84.7 Å². The number of piperazine rings is 1. The second-order valence-corrected chi connectivity index (χ2v) is 17.2. The fourth-order valence-corrected chi connectivity index (χ4v) is 9.62. The van der Waals surface area contributed by atoms with E-state index in [0.29, 0.717) is 90.4 Å². The SMILES string of the molecule is CCNC(=O)C1NOC(c2cc(C(C)C)c(O)cc2O)=C1c1ccc(CN2CCN(C(=O)OC3(CC)C(=O)OCc4c3cc3n(c4=O)Cc4c-3nc3ccc(O)cc3c4CC)CC2)cc1. The summed E-state index contributed by atoms with van der Waals surface area (Å²) in [4.78, 5) is 69.8. The normalized spacial score (nSPS) is 19.2. The van der Waals surface area contributed by atoms with Gasteiger partial charge in [0.05, 0.1) is 34.6 Å². The van der Waals surface area contributed by atoms with Crippen LogP contribution in [0.15, 0.2) is 65.5 Å². The number of benzene rings is 3. The fraction of sp³-hybridized carbons (Fsp3) is 0.367. The van der Waals surface area contributed by atoms with Crippen LogP contribution in [-0.4, -0.2) is 91.4 Å². The quantitative estimate of drug-likeness (QED) is 0.104. The molecule has 16 nitrogen and oxygen atoms in total. The van der Waals surface area contributed by atoms with Crippen LogP contribution in [-0.2, 0) is 55.6 Å². The molecule has 2 aromatic heterocycles. The predicted octanol–water partition coefficient (Wildman–Crippen LogP) is 5.75. The summed E-state index contributed by atoms with van der Waals surface area (Å²) in [7, 11) is 0. The molecule has 6 heterocycles. The third kappa shape index (κ3) is 7.39. The Hall–Kier alpha value is -6.91. The molecule has 0 spiro atoms. The minimum absolute atomic E-state index is 0.0317. The van der Waals surface area contributed by atoms with Crippen molar-refractivity contribution in [2.75, 3.05) is 32.7 Å². The Morgan fingerprint density at radius 1 is 0.954 bits per heavy atom. The number of carbonyl (C=O) groups excluding carboxylic acids is 3. The number of aryl methyl sites for hydroxylation is 1. The van der Waals surface area contributed by atoms with Crippen LogP contribution in [0.25, 0.3) is 33.6 Å². The maximum Gasteiger partial charge on any atom is 0.411 e. The second kappa shape index (κ2) is 16.9. The number of rotatable bonds is 10. The molecule has 338 valence electrons. The molecule has 5 aromatic rings. The highest BCUT2D eigenvalue weighted by Crippen LogP contribution is 2.44. The number of likely N-dealkylation sites (N-methyl/N-ethyl adjacent to an activating group) is 1. The number of pyridine rings is 2. The lowest BCUT2D eigenvalue weighted by Gasteiger charge is -2.39. The Balaban J connectivity index is 0.920. The van der Waals surface area contributed by atoms with Crippen LogP contribution in [0.3, 0.4) is 0 Å². The highest BCUT2D eigenvalue weighted by atomic mass is 16.7. The largest absolute Gasteiger partial charge is 0.508 e. The molecule has 0 saturated carbocycles. The molecule has 1 fully saturated rings. The van der Waals surface area contributed by atoms with Gasteiger partial charge in [-0.25, -0.2) is 14.6 Å². The lowest BCUT2D eigenvalue weighted by atomic mass is 9.85. The first-order chi connectivity index (χ1) is 31.3. The van der Waals surface area contributed by atoms with E-state index in [2.05, 4.69) is 15.7 Å². The fourth-order valence-electron chi connectivity index (χ4n) is 9.62. The minimum atomic E-state index is -1.85. The van der Waals surface area contributed by atoms with Crippen LogP contribution in [0.2, 0.25) is 0 Å². The van der Waals surface area contributed by atoms with Crippen molar-refractivity contribution in [3.63, 3.8) is 0 Å². The molecule has 3 aromatic carbocycles. The summed E-state index contributed by atoms with van der Waals surface area (Å²) in [6.45, 7) is 12.1. The Kier molecular flexibility index (Phi) is 11.3. The van der Waals surface area contributed by atoms with E-state index in [1.807, 2.05) is 52.0 Å². The maximum absolute atomic E-state index is 14.2. The molecule has 2 unspecified atom stereocenters. The Bertz CT molecular complexity index is 2860. The number of hydroxylamine groups is 1. The number of hydrogen-bond acceptors (Lipinski definition) is 13. The van der Waals surface area contributed by atoms with Crippen LogP contribution >= 0.6 is 0 Å². The molecule has 9 rings (SSSR count). The number of amides is 2. The predicted molar refractivity (Wildman–Crippen MR) is 240 cm³/mol. The summed E-state index contributed by atoms with van der Waals surface area (Å²) < 4.78 is 13.4. The lowest BCUT2D eigenvalue weighted by molar-refractivity contribution is -0.173. The van der Waals surface area contributed by atoms with Crippen molar-refractivity contribution >= 4 is 40.2 Å². The van der Waals surface area contributed by atoms with E-state index >= 15 is 0 Å². The molecule has 0 bridgehead atoms. The van der Waals surface area contributed by atoms with Gasteiger partial charge in [0.2, 0.25) is 11.5 Å². The smallest absolute Gasteiger partial charge is 0.411 e. The van der Waals surface area contributed by atoms with E-state index < -0.39 is 23.7 Å². The molecule has 2 amide bonds. The van der Waals surface area contributed by atoms with Crippen molar-refractivity contribution in [3.05, 3.63) is 116 Å². The standard InChI is InChI=1S/C49H52N6O10/c1-6-30-32-19-29(56)13-14-37(32)51-42-34(30)24-55-38(42)21-36-35(46(55)60)25-63-47(61)49(36,7-2)64-48(62)54-17-15-53(16-18-54)23-27-9-11-28(12-10-27)41-43(45(59)50-8-3)52-65-44(41)33-20-31(26(4)5)39(57)22-40(33)58/h9-14,19-22,26,43,52,56-58H,6-8,15-18,23-25H2,1-5H3,(H,50,59). The van der Waals surface area contributed by atoms with Crippen molar-refractivity contribution in [2.24, 2.45) is 0 Å². The van der Waals surface area contributed by atoms with E-state index in [0.717, 1.165) is 22.1 Å². The van der Waals surface area contributed by atoms with Gasteiger partial charge in [-0.15, -0.1) is 5.48 Å². The van der Waals surface area contributed by atoms with Gasteiger partial charge in [-0.05, 0) is 78.3 Å². The number of nitrogens with one attached hydrogen (secondary N) is 2.